The number of ketones is 2. The second kappa shape index (κ2) is 6.62. The molecule has 1 aliphatic rings. The SMILES string of the molecule is CCC(=O)/C(=C/C1CCCCC1)CC(C)=O. The number of hydrogen-bond donors (Lipinski definition) is 0. The summed E-state index contributed by atoms with van der Waals surface area (Å²) in [6.07, 6.45) is 9.09. The van der Waals surface area contributed by atoms with Crippen LogP contribution in [0, 0.1) is 5.92 Å². The highest BCUT2D eigenvalue weighted by molar-refractivity contribution is 5.99. The van der Waals surface area contributed by atoms with Gasteiger partial charge in [-0.3, -0.25) is 9.59 Å². The van der Waals surface area contributed by atoms with Gasteiger partial charge in [-0.2, -0.15) is 0 Å². The molecule has 1 saturated carbocycles. The molecule has 0 saturated heterocycles. The first-order valence-corrected chi connectivity index (χ1v) is 6.36. The maximum atomic E-state index is 11.7. The maximum absolute atomic E-state index is 11.7. The lowest BCUT2D eigenvalue weighted by Gasteiger charge is -2.19. The van der Waals surface area contributed by atoms with Crippen LogP contribution in [0.4, 0.5) is 0 Å². The number of carbonyl (C=O) groups is 2. The van der Waals surface area contributed by atoms with Gasteiger partial charge in [-0.1, -0.05) is 32.3 Å². The molecule has 0 spiro atoms. The summed E-state index contributed by atoms with van der Waals surface area (Å²) >= 11 is 0. The van der Waals surface area contributed by atoms with Crippen molar-refractivity contribution in [3.05, 3.63) is 11.6 Å². The molecule has 1 rings (SSSR count). The van der Waals surface area contributed by atoms with E-state index in [0.29, 0.717) is 18.8 Å². The standard InChI is InChI=1S/C14H22O2/c1-3-14(16)13(9-11(2)15)10-12-7-5-4-6-8-12/h10,12H,3-9H2,1-2H3/b13-10+. The van der Waals surface area contributed by atoms with Crippen LogP contribution in [0.3, 0.4) is 0 Å². The highest BCUT2D eigenvalue weighted by Crippen LogP contribution is 2.26. The molecule has 1 aliphatic carbocycles. The first-order valence-electron chi connectivity index (χ1n) is 6.36. The summed E-state index contributed by atoms with van der Waals surface area (Å²) in [5.74, 6) is 0.753. The van der Waals surface area contributed by atoms with E-state index in [9.17, 15) is 9.59 Å². The van der Waals surface area contributed by atoms with E-state index in [-0.39, 0.29) is 11.6 Å². The Labute approximate surface area is 98.1 Å². The lowest BCUT2D eigenvalue weighted by Crippen LogP contribution is -2.10. The van der Waals surface area contributed by atoms with Crippen LogP contribution in [-0.4, -0.2) is 11.6 Å². The summed E-state index contributed by atoms with van der Waals surface area (Å²) in [6, 6.07) is 0. The molecular formula is C14H22O2. The van der Waals surface area contributed by atoms with Crippen LogP contribution in [0.1, 0.15) is 58.8 Å². The van der Waals surface area contributed by atoms with Crippen LogP contribution in [0.25, 0.3) is 0 Å². The monoisotopic (exact) mass is 222 g/mol. The Bertz CT molecular complexity index is 283. The molecule has 0 aliphatic heterocycles. The minimum Gasteiger partial charge on any atom is -0.300 e. The summed E-state index contributed by atoms with van der Waals surface area (Å²) in [5.41, 5.74) is 0.752. The first-order chi connectivity index (χ1) is 7.63. The molecule has 0 aromatic heterocycles. The van der Waals surface area contributed by atoms with Gasteiger partial charge in [-0.15, -0.1) is 0 Å². The van der Waals surface area contributed by atoms with E-state index < -0.39 is 0 Å². The quantitative estimate of drug-likeness (QED) is 0.668. The summed E-state index contributed by atoms with van der Waals surface area (Å²) in [4.78, 5) is 22.8. The average Bonchev–Trinajstić information content (AvgIpc) is 2.28. The zero-order valence-corrected chi connectivity index (χ0v) is 10.4. The normalized spacial score (nSPS) is 18.5. The van der Waals surface area contributed by atoms with Gasteiger partial charge in [0.2, 0.25) is 0 Å². The van der Waals surface area contributed by atoms with Crippen molar-refractivity contribution >= 4 is 11.6 Å². The summed E-state index contributed by atoms with van der Waals surface area (Å²) in [5, 5.41) is 0. The van der Waals surface area contributed by atoms with Gasteiger partial charge in [-0.25, -0.2) is 0 Å². The van der Waals surface area contributed by atoms with Crippen molar-refractivity contribution in [1.29, 1.82) is 0 Å². The molecule has 0 radical (unpaired) electrons. The highest BCUT2D eigenvalue weighted by atomic mass is 16.1. The fraction of sp³-hybridized carbons (Fsp3) is 0.714. The number of Topliss-reactive ketones (excluding diaryl/α,β-unsaturated/α-hetero) is 2. The van der Waals surface area contributed by atoms with Gasteiger partial charge in [-0.05, 0) is 31.3 Å². The van der Waals surface area contributed by atoms with Gasteiger partial charge >= 0.3 is 0 Å². The Kier molecular flexibility index (Phi) is 5.44. The third-order valence-electron chi connectivity index (χ3n) is 3.21. The minimum atomic E-state index is 0.0869. The predicted octanol–water partition coefficient (Wildman–Crippen LogP) is 3.45. The maximum Gasteiger partial charge on any atom is 0.158 e. The van der Waals surface area contributed by atoms with Crippen molar-refractivity contribution in [2.45, 2.75) is 58.8 Å². The highest BCUT2D eigenvalue weighted by Gasteiger charge is 2.15. The van der Waals surface area contributed by atoms with Crippen LogP contribution in [0.5, 0.6) is 0 Å². The molecule has 0 aromatic carbocycles. The van der Waals surface area contributed by atoms with E-state index in [1.807, 2.05) is 6.92 Å². The topological polar surface area (TPSA) is 34.1 Å². The first kappa shape index (κ1) is 13.1. The van der Waals surface area contributed by atoms with E-state index in [1.165, 1.54) is 32.1 Å². The third kappa shape index (κ3) is 4.30. The van der Waals surface area contributed by atoms with Crippen LogP contribution in [0.2, 0.25) is 0 Å². The molecule has 0 bridgehead atoms. The second-order valence-electron chi connectivity index (χ2n) is 4.75. The van der Waals surface area contributed by atoms with Gasteiger partial charge in [0.15, 0.2) is 5.78 Å². The summed E-state index contributed by atoms with van der Waals surface area (Å²) in [6.45, 7) is 3.41. The van der Waals surface area contributed by atoms with Crippen molar-refractivity contribution in [3.63, 3.8) is 0 Å². The number of rotatable bonds is 5. The smallest absolute Gasteiger partial charge is 0.158 e. The van der Waals surface area contributed by atoms with Crippen molar-refractivity contribution in [2.75, 3.05) is 0 Å². The van der Waals surface area contributed by atoms with Gasteiger partial charge in [0.1, 0.15) is 5.78 Å². The van der Waals surface area contributed by atoms with E-state index >= 15 is 0 Å². The molecule has 0 atom stereocenters. The van der Waals surface area contributed by atoms with Crippen molar-refractivity contribution in [2.24, 2.45) is 5.92 Å². The number of carbonyl (C=O) groups excluding carboxylic acids is 2. The fourth-order valence-electron chi connectivity index (χ4n) is 2.33. The largest absolute Gasteiger partial charge is 0.300 e. The Morgan fingerprint density at radius 2 is 1.81 bits per heavy atom. The summed E-state index contributed by atoms with van der Waals surface area (Å²) < 4.78 is 0. The van der Waals surface area contributed by atoms with Crippen molar-refractivity contribution in [3.8, 4) is 0 Å². The molecular weight excluding hydrogens is 200 g/mol. The Morgan fingerprint density at radius 3 is 2.31 bits per heavy atom. The molecule has 0 unspecified atom stereocenters. The molecule has 0 amide bonds. The number of allylic oxidation sites excluding steroid dienone is 2. The summed E-state index contributed by atoms with van der Waals surface area (Å²) in [7, 11) is 0. The average molecular weight is 222 g/mol. The lowest BCUT2D eigenvalue weighted by atomic mass is 9.86. The molecule has 2 heteroatoms. The molecule has 0 heterocycles. The molecule has 90 valence electrons. The zero-order valence-electron chi connectivity index (χ0n) is 10.4. The molecule has 2 nitrogen and oxygen atoms in total. The molecule has 0 N–H and O–H groups in total. The Hall–Kier alpha value is -0.920. The van der Waals surface area contributed by atoms with E-state index in [2.05, 4.69) is 6.08 Å². The molecule has 16 heavy (non-hydrogen) atoms. The third-order valence-corrected chi connectivity index (χ3v) is 3.21. The van der Waals surface area contributed by atoms with Gasteiger partial charge in [0, 0.05) is 12.8 Å². The van der Waals surface area contributed by atoms with E-state index in [4.69, 9.17) is 0 Å². The van der Waals surface area contributed by atoms with Crippen LogP contribution in [0.15, 0.2) is 11.6 Å². The fourth-order valence-corrected chi connectivity index (χ4v) is 2.33. The Balaban J connectivity index is 2.69. The van der Waals surface area contributed by atoms with E-state index in [0.717, 1.165) is 5.57 Å². The van der Waals surface area contributed by atoms with Crippen LogP contribution >= 0.6 is 0 Å². The van der Waals surface area contributed by atoms with Crippen LogP contribution in [-0.2, 0) is 9.59 Å². The van der Waals surface area contributed by atoms with E-state index in [1.54, 1.807) is 6.92 Å². The zero-order chi connectivity index (χ0) is 12.0. The van der Waals surface area contributed by atoms with Gasteiger partial charge in [0.05, 0.1) is 0 Å². The van der Waals surface area contributed by atoms with Gasteiger partial charge < -0.3 is 0 Å². The predicted molar refractivity (Wildman–Crippen MR) is 65.3 cm³/mol. The Morgan fingerprint density at radius 1 is 1.19 bits per heavy atom. The lowest BCUT2D eigenvalue weighted by molar-refractivity contribution is -0.119. The number of hydrogen-bond acceptors (Lipinski definition) is 2. The second-order valence-corrected chi connectivity index (χ2v) is 4.75. The molecule has 1 fully saturated rings. The van der Waals surface area contributed by atoms with Crippen LogP contribution < -0.4 is 0 Å². The van der Waals surface area contributed by atoms with Crippen molar-refractivity contribution < 1.29 is 9.59 Å². The molecule has 0 aromatic rings. The van der Waals surface area contributed by atoms with Gasteiger partial charge in [0.25, 0.3) is 0 Å². The van der Waals surface area contributed by atoms with Crippen molar-refractivity contribution in [1.82, 2.24) is 0 Å². The minimum absolute atomic E-state index is 0.0869.